The molecule has 0 aliphatic carbocycles. The van der Waals surface area contributed by atoms with Gasteiger partial charge in [-0.2, -0.15) is 0 Å². The number of hydrogen-bond donors (Lipinski definition) is 1. The minimum Gasteiger partial charge on any atom is -0.325 e. The van der Waals surface area contributed by atoms with Gasteiger partial charge in [0.2, 0.25) is 5.91 Å². The molecule has 0 fully saturated rings. The Morgan fingerprint density at radius 2 is 1.76 bits per heavy atom. The number of thiophene rings is 1. The standard InChI is InChI=1S/C23H21N3OS2/c1-14-8-7-9-15(2)20(14)26-21(27)16(3)28-22-18-12-19(17-10-5-4-6-11-17)29-23(18)25-13-24-22/h4-13,16H,1-3H3,(H,26,27)/t16-/m1/s1. The first kappa shape index (κ1) is 19.6. The Balaban J connectivity index is 1.57. The highest BCUT2D eigenvalue weighted by molar-refractivity contribution is 8.00. The lowest BCUT2D eigenvalue weighted by Gasteiger charge is -2.15. The van der Waals surface area contributed by atoms with E-state index in [2.05, 4.69) is 33.5 Å². The number of rotatable bonds is 5. The Hall–Kier alpha value is -2.70. The number of aromatic nitrogens is 2. The Morgan fingerprint density at radius 3 is 2.48 bits per heavy atom. The summed E-state index contributed by atoms with van der Waals surface area (Å²) < 4.78 is 0. The molecule has 0 saturated heterocycles. The quantitative estimate of drug-likeness (QED) is 0.314. The Morgan fingerprint density at radius 1 is 1.03 bits per heavy atom. The van der Waals surface area contributed by atoms with Gasteiger partial charge in [0, 0.05) is 16.0 Å². The molecular weight excluding hydrogens is 398 g/mol. The van der Waals surface area contributed by atoms with Gasteiger partial charge in [-0.05, 0) is 43.5 Å². The normalized spacial score (nSPS) is 12.1. The van der Waals surface area contributed by atoms with Gasteiger partial charge < -0.3 is 5.32 Å². The molecule has 0 aliphatic heterocycles. The summed E-state index contributed by atoms with van der Waals surface area (Å²) in [5.74, 6) is -0.0299. The van der Waals surface area contributed by atoms with Crippen molar-refractivity contribution in [3.63, 3.8) is 0 Å². The second kappa shape index (κ2) is 8.35. The van der Waals surface area contributed by atoms with Gasteiger partial charge in [-0.3, -0.25) is 4.79 Å². The molecule has 4 rings (SSSR count). The highest BCUT2D eigenvalue weighted by atomic mass is 32.2. The minimum absolute atomic E-state index is 0.0299. The molecule has 0 aliphatic rings. The van der Waals surface area contributed by atoms with Crippen LogP contribution in [0.5, 0.6) is 0 Å². The molecular formula is C23H21N3OS2. The zero-order chi connectivity index (χ0) is 20.4. The third kappa shape index (κ3) is 4.18. The lowest BCUT2D eigenvalue weighted by Crippen LogP contribution is -2.23. The number of carbonyl (C=O) groups excluding carboxylic acids is 1. The number of nitrogens with one attached hydrogen (secondary N) is 1. The van der Waals surface area contributed by atoms with E-state index in [4.69, 9.17) is 0 Å². The van der Waals surface area contributed by atoms with Crippen molar-refractivity contribution in [3.8, 4) is 10.4 Å². The molecule has 1 atom stereocenters. The van der Waals surface area contributed by atoms with Crippen LogP contribution in [0.15, 0.2) is 66.0 Å². The van der Waals surface area contributed by atoms with Crippen molar-refractivity contribution in [1.82, 2.24) is 9.97 Å². The first-order chi connectivity index (χ1) is 14.0. The van der Waals surface area contributed by atoms with E-state index in [1.165, 1.54) is 11.8 Å². The molecule has 2 aromatic heterocycles. The predicted molar refractivity (Wildman–Crippen MR) is 123 cm³/mol. The largest absolute Gasteiger partial charge is 0.325 e. The number of hydrogen-bond acceptors (Lipinski definition) is 5. The van der Waals surface area contributed by atoms with Crippen molar-refractivity contribution in [3.05, 3.63) is 72.1 Å². The molecule has 146 valence electrons. The summed E-state index contributed by atoms with van der Waals surface area (Å²) in [5.41, 5.74) is 4.17. The number of amides is 1. The summed E-state index contributed by atoms with van der Waals surface area (Å²) in [6, 6.07) is 18.4. The molecule has 0 spiro atoms. The fourth-order valence-electron chi connectivity index (χ4n) is 3.13. The molecule has 2 aromatic carbocycles. The van der Waals surface area contributed by atoms with Crippen LogP contribution in [0.2, 0.25) is 0 Å². The van der Waals surface area contributed by atoms with Crippen molar-refractivity contribution in [2.75, 3.05) is 5.32 Å². The van der Waals surface area contributed by atoms with Gasteiger partial charge in [0.05, 0.1) is 5.25 Å². The van der Waals surface area contributed by atoms with Gasteiger partial charge >= 0.3 is 0 Å². The van der Waals surface area contributed by atoms with Gasteiger partial charge in [0.15, 0.2) is 0 Å². The number of aryl methyl sites for hydroxylation is 2. The van der Waals surface area contributed by atoms with Crippen LogP contribution in [-0.2, 0) is 4.79 Å². The van der Waals surface area contributed by atoms with E-state index < -0.39 is 0 Å². The monoisotopic (exact) mass is 419 g/mol. The molecule has 29 heavy (non-hydrogen) atoms. The molecule has 4 aromatic rings. The SMILES string of the molecule is Cc1cccc(C)c1NC(=O)[C@@H](C)Sc1ncnc2sc(-c3ccccc3)cc12. The third-order valence-electron chi connectivity index (χ3n) is 4.74. The van der Waals surface area contributed by atoms with Crippen LogP contribution < -0.4 is 5.32 Å². The zero-order valence-electron chi connectivity index (χ0n) is 16.5. The van der Waals surface area contributed by atoms with Crippen molar-refractivity contribution in [2.24, 2.45) is 0 Å². The Bertz CT molecular complexity index is 1150. The van der Waals surface area contributed by atoms with Crippen LogP contribution >= 0.6 is 23.1 Å². The Labute approximate surface area is 178 Å². The smallest absolute Gasteiger partial charge is 0.237 e. The minimum atomic E-state index is -0.285. The van der Waals surface area contributed by atoms with Gasteiger partial charge in [-0.1, -0.05) is 60.3 Å². The summed E-state index contributed by atoms with van der Waals surface area (Å²) in [5, 5.41) is 4.62. The van der Waals surface area contributed by atoms with Crippen molar-refractivity contribution >= 4 is 44.9 Å². The number of thioether (sulfide) groups is 1. The molecule has 2 heterocycles. The first-order valence-corrected chi connectivity index (χ1v) is 11.1. The number of para-hydroxylation sites is 1. The van der Waals surface area contributed by atoms with Crippen LogP contribution in [-0.4, -0.2) is 21.1 Å². The van der Waals surface area contributed by atoms with E-state index in [0.717, 1.165) is 42.5 Å². The predicted octanol–water partition coefficient (Wildman–Crippen LogP) is 6.09. The van der Waals surface area contributed by atoms with Crippen LogP contribution in [0.4, 0.5) is 5.69 Å². The van der Waals surface area contributed by atoms with Crippen molar-refractivity contribution < 1.29 is 4.79 Å². The van der Waals surface area contributed by atoms with Crippen LogP contribution in [0.25, 0.3) is 20.7 Å². The van der Waals surface area contributed by atoms with E-state index >= 15 is 0 Å². The van der Waals surface area contributed by atoms with Crippen molar-refractivity contribution in [1.29, 1.82) is 0 Å². The molecule has 1 N–H and O–H groups in total. The summed E-state index contributed by atoms with van der Waals surface area (Å²) in [6.45, 7) is 5.92. The van der Waals surface area contributed by atoms with Gasteiger partial charge in [-0.25, -0.2) is 9.97 Å². The highest BCUT2D eigenvalue weighted by Crippen LogP contribution is 2.37. The maximum absolute atomic E-state index is 12.8. The fourth-order valence-corrected chi connectivity index (χ4v) is 5.09. The van der Waals surface area contributed by atoms with E-state index in [1.54, 1.807) is 17.7 Å². The maximum atomic E-state index is 12.8. The number of carbonyl (C=O) groups is 1. The number of anilines is 1. The second-order valence-electron chi connectivity index (χ2n) is 6.89. The average Bonchev–Trinajstić information content (AvgIpc) is 3.17. The number of nitrogens with zero attached hydrogens (tertiary/aromatic N) is 2. The molecule has 4 nitrogen and oxygen atoms in total. The summed E-state index contributed by atoms with van der Waals surface area (Å²) in [6.07, 6.45) is 1.58. The van der Waals surface area contributed by atoms with E-state index in [0.29, 0.717) is 0 Å². The number of benzene rings is 2. The average molecular weight is 420 g/mol. The summed E-state index contributed by atoms with van der Waals surface area (Å²) in [7, 11) is 0. The van der Waals surface area contributed by atoms with Gasteiger partial charge in [0.1, 0.15) is 16.2 Å². The lowest BCUT2D eigenvalue weighted by atomic mass is 10.1. The van der Waals surface area contributed by atoms with Crippen molar-refractivity contribution in [2.45, 2.75) is 31.0 Å². The van der Waals surface area contributed by atoms with Crippen LogP contribution in [0.3, 0.4) is 0 Å². The topological polar surface area (TPSA) is 54.9 Å². The molecule has 0 bridgehead atoms. The second-order valence-corrected chi connectivity index (χ2v) is 9.25. The molecule has 6 heteroatoms. The van der Waals surface area contributed by atoms with Crippen LogP contribution in [0, 0.1) is 13.8 Å². The van der Waals surface area contributed by atoms with Gasteiger partial charge in [0.25, 0.3) is 0 Å². The van der Waals surface area contributed by atoms with E-state index in [9.17, 15) is 4.79 Å². The summed E-state index contributed by atoms with van der Waals surface area (Å²) in [4.78, 5) is 23.8. The van der Waals surface area contributed by atoms with E-state index in [1.807, 2.05) is 57.2 Å². The molecule has 1 amide bonds. The molecule has 0 saturated carbocycles. The zero-order valence-corrected chi connectivity index (χ0v) is 18.1. The first-order valence-electron chi connectivity index (χ1n) is 9.36. The lowest BCUT2D eigenvalue weighted by molar-refractivity contribution is -0.115. The Kier molecular flexibility index (Phi) is 5.65. The summed E-state index contributed by atoms with van der Waals surface area (Å²) >= 11 is 3.11. The third-order valence-corrected chi connectivity index (χ3v) is 6.95. The molecule has 0 radical (unpaired) electrons. The van der Waals surface area contributed by atoms with Crippen LogP contribution in [0.1, 0.15) is 18.1 Å². The highest BCUT2D eigenvalue weighted by Gasteiger charge is 2.19. The van der Waals surface area contributed by atoms with E-state index in [-0.39, 0.29) is 11.2 Å². The van der Waals surface area contributed by atoms with Gasteiger partial charge in [-0.15, -0.1) is 11.3 Å². The molecule has 0 unspecified atom stereocenters. The number of fused-ring (bicyclic) bond motifs is 1. The maximum Gasteiger partial charge on any atom is 0.237 e. The fraction of sp³-hybridized carbons (Fsp3) is 0.174.